The van der Waals surface area contributed by atoms with Gasteiger partial charge in [-0.05, 0) is 17.7 Å². The third-order valence-electron chi connectivity index (χ3n) is 3.23. The third kappa shape index (κ3) is 7.45. The van der Waals surface area contributed by atoms with Crippen molar-refractivity contribution in [1.29, 1.82) is 0 Å². The van der Waals surface area contributed by atoms with E-state index in [-0.39, 0.29) is 48.6 Å². The van der Waals surface area contributed by atoms with E-state index in [1.807, 2.05) is 0 Å². The SMILES string of the molecule is CN=C(NCc1ccc(F)cc1C(F)(F)F)NCC(C)C(=O)OC.I. The van der Waals surface area contributed by atoms with Crippen LogP contribution < -0.4 is 10.6 Å². The molecule has 1 atom stereocenters. The van der Waals surface area contributed by atoms with Crippen molar-refractivity contribution in [1.82, 2.24) is 10.6 Å². The van der Waals surface area contributed by atoms with Crippen LogP contribution in [0.1, 0.15) is 18.1 Å². The maximum atomic E-state index is 13.1. The Kier molecular flexibility index (Phi) is 9.75. The first-order valence-electron chi connectivity index (χ1n) is 7.07. The maximum Gasteiger partial charge on any atom is 0.416 e. The van der Waals surface area contributed by atoms with Crippen LogP contribution in [-0.2, 0) is 22.3 Å². The van der Waals surface area contributed by atoms with Crippen LogP contribution in [0.25, 0.3) is 0 Å². The number of nitrogens with one attached hydrogen (secondary N) is 2. The second-order valence-corrected chi connectivity index (χ2v) is 5.03. The molecule has 0 aliphatic heterocycles. The van der Waals surface area contributed by atoms with Gasteiger partial charge in [-0.3, -0.25) is 9.79 Å². The molecule has 0 radical (unpaired) electrons. The number of benzene rings is 1. The van der Waals surface area contributed by atoms with E-state index in [2.05, 4.69) is 20.4 Å². The summed E-state index contributed by atoms with van der Waals surface area (Å²) in [6.07, 6.45) is -4.66. The van der Waals surface area contributed by atoms with E-state index in [0.717, 1.165) is 12.1 Å². The average molecular weight is 477 g/mol. The molecule has 1 aromatic carbocycles. The summed E-state index contributed by atoms with van der Waals surface area (Å²) in [4.78, 5) is 15.2. The van der Waals surface area contributed by atoms with Crippen LogP contribution in [0.4, 0.5) is 17.6 Å². The quantitative estimate of drug-likeness (QED) is 0.225. The van der Waals surface area contributed by atoms with Gasteiger partial charge >= 0.3 is 12.1 Å². The second-order valence-electron chi connectivity index (χ2n) is 5.03. The van der Waals surface area contributed by atoms with E-state index in [9.17, 15) is 22.4 Å². The summed E-state index contributed by atoms with van der Waals surface area (Å²) in [5.41, 5.74) is -1.17. The van der Waals surface area contributed by atoms with Gasteiger partial charge in [0.25, 0.3) is 0 Å². The van der Waals surface area contributed by atoms with Crippen molar-refractivity contribution in [2.45, 2.75) is 19.6 Å². The molecule has 0 spiro atoms. The average Bonchev–Trinajstić information content (AvgIpc) is 2.53. The van der Waals surface area contributed by atoms with Crippen LogP contribution in [0, 0.1) is 11.7 Å². The lowest BCUT2D eigenvalue weighted by Gasteiger charge is -2.17. The highest BCUT2D eigenvalue weighted by Gasteiger charge is 2.33. The number of ether oxygens (including phenoxy) is 1. The first kappa shape index (κ1) is 23.4. The molecule has 1 aromatic rings. The number of halogens is 5. The molecule has 0 amide bonds. The number of rotatable bonds is 5. The Hall–Kier alpha value is -1.59. The van der Waals surface area contributed by atoms with E-state index in [4.69, 9.17) is 0 Å². The van der Waals surface area contributed by atoms with Gasteiger partial charge in [-0.15, -0.1) is 24.0 Å². The van der Waals surface area contributed by atoms with Gasteiger partial charge in [0, 0.05) is 20.1 Å². The number of carbonyl (C=O) groups is 1. The number of carbonyl (C=O) groups excluding carboxylic acids is 1. The van der Waals surface area contributed by atoms with Gasteiger partial charge < -0.3 is 15.4 Å². The molecule has 25 heavy (non-hydrogen) atoms. The van der Waals surface area contributed by atoms with Gasteiger partial charge in [0.1, 0.15) is 5.82 Å². The van der Waals surface area contributed by atoms with Gasteiger partial charge in [-0.2, -0.15) is 13.2 Å². The molecule has 1 unspecified atom stereocenters. The zero-order valence-corrected chi connectivity index (χ0v) is 16.2. The molecule has 1 rings (SSSR count). The van der Waals surface area contributed by atoms with Gasteiger partial charge in [-0.25, -0.2) is 4.39 Å². The Bertz CT molecular complexity index is 609. The first-order valence-corrected chi connectivity index (χ1v) is 7.07. The van der Waals surface area contributed by atoms with E-state index in [1.165, 1.54) is 14.2 Å². The Morgan fingerprint density at radius 3 is 2.48 bits per heavy atom. The molecule has 0 fully saturated rings. The van der Waals surface area contributed by atoms with Crippen LogP contribution >= 0.6 is 24.0 Å². The molecule has 142 valence electrons. The molecule has 0 bridgehead atoms. The molecule has 0 aliphatic rings. The van der Waals surface area contributed by atoms with Crippen molar-refractivity contribution in [2.24, 2.45) is 10.9 Å². The summed E-state index contributed by atoms with van der Waals surface area (Å²) in [5.74, 6) is -1.62. The molecule has 0 saturated heterocycles. The minimum Gasteiger partial charge on any atom is -0.469 e. The Balaban J connectivity index is 0.00000576. The zero-order chi connectivity index (χ0) is 18.3. The first-order chi connectivity index (χ1) is 11.2. The standard InChI is InChI=1S/C15H19F4N3O2.HI/c1-9(13(23)24-3)7-21-14(20-2)22-8-10-4-5-11(16)6-12(10)15(17,18)19;/h4-6,9H,7-8H2,1-3H3,(H2,20,21,22);1H. The number of nitrogens with zero attached hydrogens (tertiary/aromatic N) is 1. The van der Waals surface area contributed by atoms with Crippen LogP contribution in [0.3, 0.4) is 0 Å². The van der Waals surface area contributed by atoms with Crippen LogP contribution in [0.15, 0.2) is 23.2 Å². The fourth-order valence-corrected chi connectivity index (χ4v) is 1.90. The minimum absolute atomic E-state index is 0. The zero-order valence-electron chi connectivity index (χ0n) is 13.9. The Labute approximate surface area is 160 Å². The third-order valence-corrected chi connectivity index (χ3v) is 3.23. The van der Waals surface area contributed by atoms with E-state index >= 15 is 0 Å². The number of guanidine groups is 1. The predicted octanol–water partition coefficient (Wildman–Crippen LogP) is 2.94. The normalized spacial score (nSPS) is 12.8. The monoisotopic (exact) mass is 477 g/mol. The number of hydrogen-bond acceptors (Lipinski definition) is 3. The summed E-state index contributed by atoms with van der Waals surface area (Å²) >= 11 is 0. The summed E-state index contributed by atoms with van der Waals surface area (Å²) < 4.78 is 56.4. The van der Waals surface area contributed by atoms with Gasteiger partial charge in [0.15, 0.2) is 5.96 Å². The smallest absolute Gasteiger partial charge is 0.416 e. The molecule has 10 heteroatoms. The van der Waals surface area contributed by atoms with Crippen LogP contribution in [-0.4, -0.2) is 32.6 Å². The lowest BCUT2D eigenvalue weighted by Crippen LogP contribution is -2.40. The molecule has 2 N–H and O–H groups in total. The highest BCUT2D eigenvalue weighted by molar-refractivity contribution is 14.0. The Morgan fingerprint density at radius 2 is 1.96 bits per heavy atom. The van der Waals surface area contributed by atoms with Crippen molar-refractivity contribution in [3.63, 3.8) is 0 Å². The lowest BCUT2D eigenvalue weighted by molar-refractivity contribution is -0.144. The van der Waals surface area contributed by atoms with Crippen LogP contribution in [0.5, 0.6) is 0 Å². The summed E-state index contributed by atoms with van der Waals surface area (Å²) in [5, 5.41) is 5.50. The van der Waals surface area contributed by atoms with Crippen molar-refractivity contribution in [2.75, 3.05) is 20.7 Å². The van der Waals surface area contributed by atoms with Gasteiger partial charge in [-0.1, -0.05) is 13.0 Å². The fraction of sp³-hybridized carbons (Fsp3) is 0.467. The number of alkyl halides is 3. The van der Waals surface area contributed by atoms with E-state index in [1.54, 1.807) is 6.92 Å². The number of esters is 1. The number of methoxy groups -OCH3 is 1. The number of hydrogen-bond donors (Lipinski definition) is 2. The predicted molar refractivity (Wildman–Crippen MR) is 96.2 cm³/mol. The molecule has 0 heterocycles. The largest absolute Gasteiger partial charge is 0.469 e. The van der Waals surface area contributed by atoms with Crippen LogP contribution in [0.2, 0.25) is 0 Å². The Morgan fingerprint density at radius 1 is 1.32 bits per heavy atom. The lowest BCUT2D eigenvalue weighted by atomic mass is 10.1. The second kappa shape index (κ2) is 10.4. The highest BCUT2D eigenvalue weighted by Crippen LogP contribution is 2.32. The molecular weight excluding hydrogens is 457 g/mol. The molecule has 5 nitrogen and oxygen atoms in total. The highest BCUT2D eigenvalue weighted by atomic mass is 127. The van der Waals surface area contributed by atoms with Crippen molar-refractivity contribution < 1.29 is 27.1 Å². The van der Waals surface area contributed by atoms with Crippen molar-refractivity contribution in [3.05, 3.63) is 35.1 Å². The summed E-state index contributed by atoms with van der Waals surface area (Å²) in [7, 11) is 2.70. The molecule has 0 aliphatic carbocycles. The van der Waals surface area contributed by atoms with E-state index in [0.29, 0.717) is 6.07 Å². The van der Waals surface area contributed by atoms with E-state index < -0.39 is 29.4 Å². The molecule has 0 saturated carbocycles. The summed E-state index contributed by atoms with van der Waals surface area (Å²) in [6, 6.07) is 2.48. The van der Waals surface area contributed by atoms with Crippen molar-refractivity contribution in [3.8, 4) is 0 Å². The van der Waals surface area contributed by atoms with Gasteiger partial charge in [0.05, 0.1) is 18.6 Å². The van der Waals surface area contributed by atoms with Crippen molar-refractivity contribution >= 4 is 35.9 Å². The van der Waals surface area contributed by atoms with Gasteiger partial charge in [0.2, 0.25) is 0 Å². The maximum absolute atomic E-state index is 13.1. The molecular formula is C15H20F4IN3O2. The minimum atomic E-state index is -4.66. The fourth-order valence-electron chi connectivity index (χ4n) is 1.90. The summed E-state index contributed by atoms with van der Waals surface area (Å²) in [6.45, 7) is 1.62. The molecule has 0 aromatic heterocycles. The topological polar surface area (TPSA) is 62.7 Å². The number of aliphatic imine (C=N–C) groups is 1.